The minimum Gasteiger partial charge on any atom is -0.466 e. The van der Waals surface area contributed by atoms with Crippen molar-refractivity contribution < 1.29 is 23.5 Å². The first-order valence-electron chi connectivity index (χ1n) is 13.3. The number of halogens is 1. The Morgan fingerprint density at radius 3 is 2.51 bits per heavy atom. The van der Waals surface area contributed by atoms with E-state index < -0.39 is 0 Å². The molecule has 2 saturated carbocycles. The van der Waals surface area contributed by atoms with Gasteiger partial charge >= 0.3 is 5.97 Å². The molecule has 0 saturated heterocycles. The molecule has 0 spiro atoms. The van der Waals surface area contributed by atoms with Crippen LogP contribution in [0.15, 0.2) is 48.5 Å². The zero-order chi connectivity index (χ0) is 25.9. The second-order valence-corrected chi connectivity index (χ2v) is 10.2. The number of amides is 2. The molecule has 1 heterocycles. The number of ether oxygens (including phenoxy) is 1. The molecule has 2 aromatic rings. The van der Waals surface area contributed by atoms with Crippen LogP contribution in [-0.4, -0.2) is 47.9 Å². The molecule has 1 aliphatic heterocycles. The third kappa shape index (κ3) is 5.48. The first-order valence-corrected chi connectivity index (χ1v) is 13.3. The summed E-state index contributed by atoms with van der Waals surface area (Å²) in [6.07, 6.45) is 5.16. The van der Waals surface area contributed by atoms with Gasteiger partial charge in [0.05, 0.1) is 25.6 Å². The number of hydrogen-bond acceptors (Lipinski definition) is 5. The molecule has 0 aromatic heterocycles. The number of anilines is 2. The van der Waals surface area contributed by atoms with Crippen molar-refractivity contribution in [3.05, 3.63) is 59.9 Å². The normalized spacial score (nSPS) is 22.1. The maximum Gasteiger partial charge on any atom is 0.306 e. The summed E-state index contributed by atoms with van der Waals surface area (Å²) < 4.78 is 18.3. The van der Waals surface area contributed by atoms with Crippen molar-refractivity contribution in [3.63, 3.8) is 0 Å². The molecule has 5 rings (SSSR count). The Balaban J connectivity index is 1.40. The van der Waals surface area contributed by atoms with Gasteiger partial charge < -0.3 is 19.9 Å². The third-order valence-corrected chi connectivity index (χ3v) is 7.72. The average Bonchev–Trinajstić information content (AvgIpc) is 3.61. The van der Waals surface area contributed by atoms with E-state index >= 15 is 0 Å². The molecule has 2 fully saturated rings. The SMILES string of the molecule is CCOC(=O)CCC(=O)N(C1CC1)C1c2ccccc2N(CC(=O)Nc2ccc(F)cc2)C2CCCC21. The third-order valence-electron chi connectivity index (χ3n) is 7.72. The monoisotopic (exact) mass is 507 g/mol. The van der Waals surface area contributed by atoms with Crippen LogP contribution in [0.4, 0.5) is 15.8 Å². The van der Waals surface area contributed by atoms with E-state index in [2.05, 4.69) is 21.2 Å². The Kier molecular flexibility index (Phi) is 7.44. The predicted molar refractivity (Wildman–Crippen MR) is 138 cm³/mol. The van der Waals surface area contributed by atoms with Gasteiger partial charge in [0.2, 0.25) is 11.8 Å². The van der Waals surface area contributed by atoms with Crippen molar-refractivity contribution in [1.82, 2.24) is 4.90 Å². The number of carbonyl (C=O) groups is 3. The Hall–Kier alpha value is -3.42. The standard InChI is InChI=1S/C29H34FN3O4/c1-2-37-28(36)17-16-27(35)33(21-14-15-21)29-22-6-3-4-8-24(22)32(25-9-5-7-23(25)29)18-26(34)31-20-12-10-19(30)11-13-20/h3-4,6,8,10-13,21,23,25,29H,2,5,7,9,14-18H2,1H3,(H,31,34). The van der Waals surface area contributed by atoms with E-state index in [1.54, 1.807) is 19.1 Å². The lowest BCUT2D eigenvalue weighted by atomic mass is 9.81. The minimum atomic E-state index is -0.347. The topological polar surface area (TPSA) is 79.0 Å². The highest BCUT2D eigenvalue weighted by atomic mass is 19.1. The number of carbonyl (C=O) groups excluding carboxylic acids is 3. The van der Waals surface area contributed by atoms with Crippen LogP contribution >= 0.6 is 0 Å². The van der Waals surface area contributed by atoms with E-state index in [-0.39, 0.29) is 67.0 Å². The molecule has 0 bridgehead atoms. The summed E-state index contributed by atoms with van der Waals surface area (Å²) >= 11 is 0. The quantitative estimate of drug-likeness (QED) is 0.492. The van der Waals surface area contributed by atoms with Gasteiger partial charge in [-0.3, -0.25) is 14.4 Å². The van der Waals surface area contributed by atoms with Crippen LogP contribution < -0.4 is 10.2 Å². The van der Waals surface area contributed by atoms with Crippen LogP contribution in [0, 0.1) is 11.7 Å². The van der Waals surface area contributed by atoms with Gasteiger partial charge in [-0.15, -0.1) is 0 Å². The summed E-state index contributed by atoms with van der Waals surface area (Å²) in [5.41, 5.74) is 2.61. The van der Waals surface area contributed by atoms with Crippen LogP contribution in [0.5, 0.6) is 0 Å². The Morgan fingerprint density at radius 1 is 1.03 bits per heavy atom. The molecule has 3 unspecified atom stereocenters. The van der Waals surface area contributed by atoms with Crippen molar-refractivity contribution in [2.75, 3.05) is 23.4 Å². The van der Waals surface area contributed by atoms with E-state index in [1.165, 1.54) is 12.1 Å². The maximum atomic E-state index is 13.5. The van der Waals surface area contributed by atoms with E-state index in [0.29, 0.717) is 12.3 Å². The lowest BCUT2D eigenvalue weighted by Gasteiger charge is -2.48. The first kappa shape index (κ1) is 25.2. The van der Waals surface area contributed by atoms with Gasteiger partial charge in [0, 0.05) is 35.8 Å². The average molecular weight is 508 g/mol. The highest BCUT2D eigenvalue weighted by Gasteiger charge is 2.50. The van der Waals surface area contributed by atoms with E-state index in [0.717, 1.165) is 43.4 Å². The molecule has 8 heteroatoms. The molecule has 3 atom stereocenters. The molecule has 0 radical (unpaired) electrons. The number of rotatable bonds is 9. The zero-order valence-electron chi connectivity index (χ0n) is 21.2. The van der Waals surface area contributed by atoms with Crippen molar-refractivity contribution in [1.29, 1.82) is 0 Å². The molecule has 37 heavy (non-hydrogen) atoms. The zero-order valence-corrected chi connectivity index (χ0v) is 21.2. The summed E-state index contributed by atoms with van der Waals surface area (Å²) in [5, 5.41) is 2.89. The Bertz CT molecular complexity index is 1150. The highest BCUT2D eigenvalue weighted by Crippen LogP contribution is 2.52. The number of nitrogens with zero attached hydrogens (tertiary/aromatic N) is 2. The molecule has 7 nitrogen and oxygen atoms in total. The summed E-state index contributed by atoms with van der Waals surface area (Å²) in [6, 6.07) is 14.1. The molecule has 196 valence electrons. The fraction of sp³-hybridized carbons (Fsp3) is 0.483. The van der Waals surface area contributed by atoms with Gasteiger partial charge in [-0.2, -0.15) is 0 Å². The van der Waals surface area contributed by atoms with Crippen LogP contribution in [-0.2, 0) is 19.1 Å². The van der Waals surface area contributed by atoms with Crippen molar-refractivity contribution in [2.24, 2.45) is 5.92 Å². The molecule has 2 aromatic carbocycles. The van der Waals surface area contributed by atoms with Gasteiger partial charge in [-0.25, -0.2) is 4.39 Å². The number of nitrogens with one attached hydrogen (secondary N) is 1. The minimum absolute atomic E-state index is 0.00325. The molecular formula is C29H34FN3O4. The lowest BCUT2D eigenvalue weighted by Crippen LogP contribution is -2.52. The van der Waals surface area contributed by atoms with Crippen molar-refractivity contribution in [2.45, 2.75) is 70.0 Å². The number of esters is 1. The van der Waals surface area contributed by atoms with Crippen LogP contribution in [0.2, 0.25) is 0 Å². The second-order valence-electron chi connectivity index (χ2n) is 10.2. The number of fused-ring (bicyclic) bond motifs is 2. The number of para-hydroxylation sites is 1. The molecule has 2 amide bonds. The fourth-order valence-corrected chi connectivity index (χ4v) is 6.09. The lowest BCUT2D eigenvalue weighted by molar-refractivity contribution is -0.146. The van der Waals surface area contributed by atoms with Gasteiger partial charge in [0.25, 0.3) is 0 Å². The maximum absolute atomic E-state index is 13.5. The fourth-order valence-electron chi connectivity index (χ4n) is 6.09. The predicted octanol–water partition coefficient (Wildman–Crippen LogP) is 4.83. The van der Waals surface area contributed by atoms with E-state index in [9.17, 15) is 18.8 Å². The Labute approximate surface area is 217 Å². The first-order chi connectivity index (χ1) is 18.0. The van der Waals surface area contributed by atoms with Crippen molar-refractivity contribution in [3.8, 4) is 0 Å². The molecular weight excluding hydrogens is 473 g/mol. The van der Waals surface area contributed by atoms with E-state index in [1.807, 2.05) is 18.2 Å². The summed E-state index contributed by atoms with van der Waals surface area (Å²) in [7, 11) is 0. The summed E-state index contributed by atoms with van der Waals surface area (Å²) in [6.45, 7) is 2.26. The van der Waals surface area contributed by atoms with Crippen LogP contribution in [0.3, 0.4) is 0 Å². The number of hydrogen-bond donors (Lipinski definition) is 1. The molecule has 2 aliphatic carbocycles. The second kappa shape index (κ2) is 10.9. The van der Waals surface area contributed by atoms with Gasteiger partial charge in [-0.1, -0.05) is 24.6 Å². The van der Waals surface area contributed by atoms with Crippen LogP contribution in [0.25, 0.3) is 0 Å². The molecule has 1 N–H and O–H groups in total. The summed E-state index contributed by atoms with van der Waals surface area (Å²) in [4.78, 5) is 42.8. The highest BCUT2D eigenvalue weighted by molar-refractivity contribution is 5.94. The smallest absolute Gasteiger partial charge is 0.306 e. The largest absolute Gasteiger partial charge is 0.466 e. The number of benzene rings is 2. The van der Waals surface area contributed by atoms with Gasteiger partial charge in [-0.05, 0) is 68.5 Å². The van der Waals surface area contributed by atoms with Gasteiger partial charge in [0.15, 0.2) is 0 Å². The van der Waals surface area contributed by atoms with Crippen LogP contribution in [0.1, 0.15) is 63.5 Å². The van der Waals surface area contributed by atoms with Gasteiger partial charge in [0.1, 0.15) is 5.82 Å². The van der Waals surface area contributed by atoms with E-state index in [4.69, 9.17) is 4.74 Å². The summed E-state index contributed by atoms with van der Waals surface area (Å²) in [5.74, 6) is -0.633. The Morgan fingerprint density at radius 2 is 1.78 bits per heavy atom. The van der Waals surface area contributed by atoms with Crippen molar-refractivity contribution >= 4 is 29.2 Å². The molecule has 3 aliphatic rings.